The van der Waals surface area contributed by atoms with Crippen molar-refractivity contribution in [1.29, 1.82) is 0 Å². The summed E-state index contributed by atoms with van der Waals surface area (Å²) in [5, 5.41) is 2.46. The van der Waals surface area contributed by atoms with E-state index >= 15 is 0 Å². The summed E-state index contributed by atoms with van der Waals surface area (Å²) < 4.78 is 2.46. The number of hydrogen-bond donors (Lipinski definition) is 0. The zero-order chi connectivity index (χ0) is 41.7. The van der Waals surface area contributed by atoms with Crippen LogP contribution < -0.4 is 4.90 Å². The maximum Gasteiger partial charge on any atom is 0.0619 e. The predicted octanol–water partition coefficient (Wildman–Crippen LogP) is 16.4. The van der Waals surface area contributed by atoms with Crippen LogP contribution in [-0.2, 0) is 0 Å². The van der Waals surface area contributed by atoms with Crippen LogP contribution in [0.25, 0.3) is 83.1 Å². The topological polar surface area (TPSA) is 8.17 Å². The maximum atomic E-state index is 2.50. The van der Waals surface area contributed by atoms with Crippen LogP contribution in [-0.4, -0.2) is 4.57 Å². The number of anilines is 2. The fourth-order valence-electron chi connectivity index (χ4n) is 9.81. The Morgan fingerprint density at radius 1 is 0.349 bits per heavy atom. The zero-order valence-corrected chi connectivity index (χ0v) is 34.7. The summed E-state index contributed by atoms with van der Waals surface area (Å²) in [5.41, 5.74) is 21.8. The van der Waals surface area contributed by atoms with Crippen LogP contribution in [0.5, 0.6) is 0 Å². The molecule has 0 radical (unpaired) electrons. The third-order valence-corrected chi connectivity index (χ3v) is 12.7. The highest BCUT2D eigenvalue weighted by molar-refractivity contribution is 6.16. The van der Waals surface area contributed by atoms with Gasteiger partial charge in [0.2, 0.25) is 0 Å². The smallest absolute Gasteiger partial charge is 0.0619 e. The molecule has 12 rings (SSSR count). The number of allylic oxidation sites excluding steroid dienone is 5. The van der Waals surface area contributed by atoms with E-state index in [4.69, 9.17) is 0 Å². The number of rotatable bonds is 7. The molecule has 1 aliphatic carbocycles. The Balaban J connectivity index is 1.11. The minimum atomic E-state index is 0.810. The average molecular weight is 803 g/mol. The van der Waals surface area contributed by atoms with Crippen molar-refractivity contribution < 1.29 is 0 Å². The molecule has 0 spiro atoms. The molecule has 0 N–H and O–H groups in total. The second-order valence-corrected chi connectivity index (χ2v) is 16.5. The average Bonchev–Trinajstić information content (AvgIpc) is 3.57. The van der Waals surface area contributed by atoms with Crippen molar-refractivity contribution in [3.8, 4) is 50.2 Å². The van der Waals surface area contributed by atoms with Crippen LogP contribution in [0.3, 0.4) is 0 Å². The van der Waals surface area contributed by atoms with Crippen LogP contribution in [0.15, 0.2) is 248 Å². The minimum absolute atomic E-state index is 0.810. The van der Waals surface area contributed by atoms with Crippen molar-refractivity contribution in [3.05, 3.63) is 260 Å². The highest BCUT2D eigenvalue weighted by Gasteiger charge is 2.31. The van der Waals surface area contributed by atoms with Gasteiger partial charge < -0.3 is 9.47 Å². The van der Waals surface area contributed by atoms with E-state index in [1.165, 1.54) is 100.0 Å². The first kappa shape index (κ1) is 36.6. The summed E-state index contributed by atoms with van der Waals surface area (Å²) >= 11 is 0. The lowest BCUT2D eigenvalue weighted by molar-refractivity contribution is 1.05. The summed E-state index contributed by atoms with van der Waals surface area (Å²) in [4.78, 5) is 2.50. The Kier molecular flexibility index (Phi) is 8.93. The van der Waals surface area contributed by atoms with Crippen molar-refractivity contribution in [1.82, 2.24) is 4.57 Å². The molecule has 2 bridgehead atoms. The molecule has 1 aromatic heterocycles. The maximum absolute atomic E-state index is 2.50. The lowest BCUT2D eigenvalue weighted by Gasteiger charge is -2.37. The molecule has 2 heterocycles. The molecule has 63 heavy (non-hydrogen) atoms. The van der Waals surface area contributed by atoms with E-state index in [0.29, 0.717) is 0 Å². The molecule has 0 unspecified atom stereocenters. The summed E-state index contributed by atoms with van der Waals surface area (Å²) in [6.45, 7) is 0. The highest BCUT2D eigenvalue weighted by Crippen LogP contribution is 2.52. The molecule has 0 amide bonds. The summed E-state index contributed by atoms with van der Waals surface area (Å²) in [7, 11) is 0. The number of nitrogens with zero attached hydrogens (tertiary/aromatic N) is 2. The molecule has 0 saturated heterocycles. The Morgan fingerprint density at radius 2 is 0.841 bits per heavy atom. The Hall–Kier alpha value is -8.20. The van der Waals surface area contributed by atoms with E-state index < -0.39 is 0 Å². The first-order valence-electron chi connectivity index (χ1n) is 21.8. The Labute approximate surface area is 368 Å². The molecule has 1 aliphatic heterocycles. The Bertz CT molecular complexity index is 3420. The van der Waals surface area contributed by atoms with Crippen LogP contribution in [0.2, 0.25) is 0 Å². The molecule has 0 fully saturated rings. The van der Waals surface area contributed by atoms with E-state index in [2.05, 4.69) is 252 Å². The quantitative estimate of drug-likeness (QED) is 0.156. The Morgan fingerprint density at radius 3 is 1.46 bits per heavy atom. The largest absolute Gasteiger partial charge is 0.313 e. The van der Waals surface area contributed by atoms with Gasteiger partial charge in [-0.3, -0.25) is 0 Å². The van der Waals surface area contributed by atoms with Gasteiger partial charge in [0.15, 0.2) is 0 Å². The molecule has 10 aromatic rings. The number of benzene rings is 9. The van der Waals surface area contributed by atoms with Gasteiger partial charge in [0, 0.05) is 51.0 Å². The molecule has 2 aliphatic rings. The van der Waals surface area contributed by atoms with E-state index in [9.17, 15) is 0 Å². The third-order valence-electron chi connectivity index (χ3n) is 12.7. The fraction of sp³-hybridized carbons (Fsp3) is 0.0164. The number of aromatic nitrogens is 1. The zero-order valence-electron chi connectivity index (χ0n) is 34.7. The summed E-state index contributed by atoms with van der Waals surface area (Å²) in [6.07, 6.45) is 7.96. The van der Waals surface area contributed by atoms with Crippen molar-refractivity contribution in [3.63, 3.8) is 0 Å². The molecular formula is C61H42N2. The van der Waals surface area contributed by atoms with Crippen molar-refractivity contribution in [2.24, 2.45) is 0 Å². The number of fused-ring (bicyclic) bond motifs is 7. The van der Waals surface area contributed by atoms with E-state index in [-0.39, 0.29) is 0 Å². The van der Waals surface area contributed by atoms with Gasteiger partial charge in [0.25, 0.3) is 0 Å². The summed E-state index contributed by atoms with van der Waals surface area (Å²) in [5.74, 6) is 0. The SMILES string of the molecule is C1=C(c2ccc3c(c2)c2cc(-c4ccccc4)cc(-c4ccccc4)c2n3-c2ccccc2)C=C2CC(=C1)N(c1ccccc1)c1c2cc(-c2ccccc2)cc1-c1ccccc1. The van der Waals surface area contributed by atoms with Crippen LogP contribution >= 0.6 is 0 Å². The molecular weight excluding hydrogens is 761 g/mol. The van der Waals surface area contributed by atoms with Gasteiger partial charge in [-0.2, -0.15) is 0 Å². The molecule has 2 heteroatoms. The van der Waals surface area contributed by atoms with E-state index in [1.807, 2.05) is 0 Å². The van der Waals surface area contributed by atoms with Gasteiger partial charge >= 0.3 is 0 Å². The van der Waals surface area contributed by atoms with Crippen LogP contribution in [0.1, 0.15) is 17.5 Å². The number of para-hydroxylation sites is 2. The first-order valence-corrected chi connectivity index (χ1v) is 21.8. The van der Waals surface area contributed by atoms with Gasteiger partial charge in [-0.1, -0.05) is 176 Å². The monoisotopic (exact) mass is 802 g/mol. The van der Waals surface area contributed by atoms with Crippen molar-refractivity contribution >= 4 is 44.3 Å². The second-order valence-electron chi connectivity index (χ2n) is 16.5. The van der Waals surface area contributed by atoms with Gasteiger partial charge in [-0.05, 0) is 117 Å². The van der Waals surface area contributed by atoms with Crippen molar-refractivity contribution in [2.45, 2.75) is 6.42 Å². The van der Waals surface area contributed by atoms with Crippen LogP contribution in [0, 0.1) is 0 Å². The summed E-state index contributed by atoms with van der Waals surface area (Å²) in [6, 6.07) is 81.7. The lowest BCUT2D eigenvalue weighted by atomic mass is 9.85. The second kappa shape index (κ2) is 15.4. The minimum Gasteiger partial charge on any atom is -0.313 e. The molecule has 9 aromatic carbocycles. The van der Waals surface area contributed by atoms with Gasteiger partial charge in [0.05, 0.1) is 16.7 Å². The van der Waals surface area contributed by atoms with E-state index in [1.54, 1.807) is 0 Å². The van der Waals surface area contributed by atoms with Gasteiger partial charge in [0.1, 0.15) is 0 Å². The molecule has 296 valence electrons. The standard InChI is InChI=1S/C61H42N2/c1-7-19-42(20-8-1)48-38-54(44-23-11-3-12-24-44)60-56(40-48)50-35-46(31-33-53(36-50)62(60)51-27-15-5-16-28-51)47-32-34-59-57(37-47)58-41-49(43-21-9-2-10-22-43)39-55(45-25-13-4-14-26-45)61(58)63(59)52-29-17-6-18-30-52/h1-35,37-41H,36H2. The molecule has 0 atom stereocenters. The van der Waals surface area contributed by atoms with Crippen molar-refractivity contribution in [2.75, 3.05) is 4.90 Å². The fourth-order valence-corrected chi connectivity index (χ4v) is 9.81. The number of hydrogen-bond acceptors (Lipinski definition) is 1. The first-order chi connectivity index (χ1) is 31.2. The normalized spacial score (nSPS) is 13.3. The third kappa shape index (κ3) is 6.43. The van der Waals surface area contributed by atoms with E-state index in [0.717, 1.165) is 17.8 Å². The van der Waals surface area contributed by atoms with Crippen LogP contribution in [0.4, 0.5) is 11.4 Å². The predicted molar refractivity (Wildman–Crippen MR) is 266 cm³/mol. The molecule has 2 nitrogen and oxygen atoms in total. The lowest BCUT2D eigenvalue weighted by Crippen LogP contribution is -2.23. The van der Waals surface area contributed by atoms with Gasteiger partial charge in [-0.15, -0.1) is 0 Å². The highest BCUT2D eigenvalue weighted by atomic mass is 15.2. The molecule has 0 saturated carbocycles. The van der Waals surface area contributed by atoms with Gasteiger partial charge in [-0.25, -0.2) is 0 Å².